The number of rotatable bonds is 6. The summed E-state index contributed by atoms with van der Waals surface area (Å²) in [5.41, 5.74) is 2.30. The largest absolute Gasteiger partial charge is 0.352 e. The van der Waals surface area contributed by atoms with Crippen molar-refractivity contribution >= 4 is 16.9 Å². The summed E-state index contributed by atoms with van der Waals surface area (Å²) in [7, 11) is 0. The van der Waals surface area contributed by atoms with Crippen LogP contribution in [0.2, 0.25) is 0 Å². The summed E-state index contributed by atoms with van der Waals surface area (Å²) in [4.78, 5) is 19.7. The highest BCUT2D eigenvalue weighted by Crippen LogP contribution is 2.21. The van der Waals surface area contributed by atoms with Crippen LogP contribution < -0.4 is 5.32 Å². The van der Waals surface area contributed by atoms with E-state index in [4.69, 9.17) is 0 Å². The van der Waals surface area contributed by atoms with Gasteiger partial charge in [-0.15, -0.1) is 0 Å². The lowest BCUT2D eigenvalue weighted by Crippen LogP contribution is -2.33. The second-order valence-corrected chi connectivity index (χ2v) is 7.24. The molecule has 136 valence electrons. The summed E-state index contributed by atoms with van der Waals surface area (Å²) in [5.74, 6) is -0.0301. The highest BCUT2D eigenvalue weighted by Gasteiger charge is 2.17. The molecule has 1 aliphatic heterocycles. The molecule has 0 radical (unpaired) electrons. The van der Waals surface area contributed by atoms with Crippen molar-refractivity contribution in [1.29, 1.82) is 0 Å². The molecule has 0 bridgehead atoms. The number of hydrogen-bond donors (Lipinski definition) is 1. The van der Waals surface area contributed by atoms with E-state index in [2.05, 4.69) is 34.1 Å². The normalized spacial score (nSPS) is 15.8. The monoisotopic (exact) mass is 343 g/mol. The smallest absolute Gasteiger partial charge is 0.252 e. The van der Waals surface area contributed by atoms with Crippen LogP contribution in [0.15, 0.2) is 12.3 Å². The number of carbonyl (C=O) groups excluding carboxylic acids is 1. The number of amides is 1. The van der Waals surface area contributed by atoms with Gasteiger partial charge in [-0.1, -0.05) is 6.42 Å². The van der Waals surface area contributed by atoms with Crippen molar-refractivity contribution in [2.45, 2.75) is 52.5 Å². The van der Waals surface area contributed by atoms with Gasteiger partial charge in [-0.3, -0.25) is 4.79 Å². The second-order valence-electron chi connectivity index (χ2n) is 7.24. The van der Waals surface area contributed by atoms with E-state index in [-0.39, 0.29) is 11.9 Å². The van der Waals surface area contributed by atoms with Crippen LogP contribution >= 0.6 is 0 Å². The molecular formula is C19H29N5O. The molecule has 1 N–H and O–H groups in total. The van der Waals surface area contributed by atoms with Crippen molar-refractivity contribution in [3.05, 3.63) is 23.5 Å². The van der Waals surface area contributed by atoms with Gasteiger partial charge in [-0.2, -0.15) is 5.10 Å². The van der Waals surface area contributed by atoms with Crippen LogP contribution in [0.4, 0.5) is 0 Å². The Morgan fingerprint density at radius 1 is 1.28 bits per heavy atom. The Bertz CT molecular complexity index is 731. The van der Waals surface area contributed by atoms with E-state index in [0.29, 0.717) is 12.1 Å². The standard InChI is InChI=1S/C19H29N5O/c1-14(2)24-18-17(13-21-24)16(12-15(3)22-18)19(25)20-8-7-11-23-9-5-4-6-10-23/h12-14H,4-11H2,1-3H3,(H,20,25). The number of nitrogens with one attached hydrogen (secondary N) is 1. The van der Waals surface area contributed by atoms with E-state index < -0.39 is 0 Å². The van der Waals surface area contributed by atoms with Gasteiger partial charge in [0.2, 0.25) is 0 Å². The van der Waals surface area contributed by atoms with Crippen LogP contribution in [-0.4, -0.2) is 51.8 Å². The van der Waals surface area contributed by atoms with E-state index in [9.17, 15) is 4.79 Å². The summed E-state index contributed by atoms with van der Waals surface area (Å²) < 4.78 is 1.87. The number of fused-ring (bicyclic) bond motifs is 1. The maximum atomic E-state index is 12.7. The molecule has 2 aromatic heterocycles. The lowest BCUT2D eigenvalue weighted by molar-refractivity contribution is 0.0952. The number of aryl methyl sites for hydroxylation is 1. The molecule has 0 aliphatic carbocycles. The summed E-state index contributed by atoms with van der Waals surface area (Å²) in [5, 5.41) is 8.30. The minimum absolute atomic E-state index is 0.0301. The third-order valence-electron chi connectivity index (χ3n) is 4.81. The van der Waals surface area contributed by atoms with Crippen molar-refractivity contribution in [3.8, 4) is 0 Å². The van der Waals surface area contributed by atoms with Crippen molar-refractivity contribution < 1.29 is 4.79 Å². The Morgan fingerprint density at radius 3 is 2.76 bits per heavy atom. The maximum absolute atomic E-state index is 12.7. The molecule has 0 spiro atoms. The first kappa shape index (κ1) is 17.9. The second kappa shape index (κ2) is 7.95. The molecule has 0 unspecified atom stereocenters. The lowest BCUT2D eigenvalue weighted by atomic mass is 10.1. The predicted molar refractivity (Wildman–Crippen MR) is 99.9 cm³/mol. The number of piperidine rings is 1. The molecule has 1 aliphatic rings. The zero-order chi connectivity index (χ0) is 17.8. The summed E-state index contributed by atoms with van der Waals surface area (Å²) in [6, 6.07) is 2.07. The van der Waals surface area contributed by atoms with Gasteiger partial charge in [0.05, 0.1) is 17.1 Å². The van der Waals surface area contributed by atoms with Crippen LogP contribution in [0.25, 0.3) is 11.0 Å². The van der Waals surface area contributed by atoms with Gasteiger partial charge in [-0.05, 0) is 65.7 Å². The van der Waals surface area contributed by atoms with Gasteiger partial charge in [-0.25, -0.2) is 9.67 Å². The van der Waals surface area contributed by atoms with Crippen molar-refractivity contribution in [3.63, 3.8) is 0 Å². The van der Waals surface area contributed by atoms with Gasteiger partial charge in [0.1, 0.15) is 0 Å². The van der Waals surface area contributed by atoms with Gasteiger partial charge in [0.25, 0.3) is 5.91 Å². The number of aromatic nitrogens is 3. The summed E-state index contributed by atoms with van der Waals surface area (Å²) in [6.07, 6.45) is 6.71. The minimum atomic E-state index is -0.0301. The molecule has 0 saturated carbocycles. The van der Waals surface area contributed by atoms with Gasteiger partial charge < -0.3 is 10.2 Å². The van der Waals surface area contributed by atoms with Crippen molar-refractivity contribution in [2.75, 3.05) is 26.2 Å². The Labute approximate surface area is 149 Å². The molecule has 6 nitrogen and oxygen atoms in total. The molecule has 2 aromatic rings. The quantitative estimate of drug-likeness (QED) is 0.819. The number of pyridine rings is 1. The molecule has 0 atom stereocenters. The maximum Gasteiger partial charge on any atom is 0.252 e. The van der Waals surface area contributed by atoms with E-state index in [0.717, 1.165) is 29.7 Å². The molecule has 25 heavy (non-hydrogen) atoms. The molecule has 1 saturated heterocycles. The van der Waals surface area contributed by atoms with Gasteiger partial charge in [0.15, 0.2) is 5.65 Å². The van der Waals surface area contributed by atoms with Gasteiger partial charge in [0, 0.05) is 18.3 Å². The zero-order valence-electron chi connectivity index (χ0n) is 15.6. The number of hydrogen-bond acceptors (Lipinski definition) is 4. The SMILES string of the molecule is Cc1cc(C(=O)NCCCN2CCCCC2)c2cnn(C(C)C)c2n1. The van der Waals surface area contributed by atoms with Crippen LogP contribution in [-0.2, 0) is 0 Å². The highest BCUT2D eigenvalue weighted by molar-refractivity contribution is 6.05. The molecule has 3 rings (SSSR count). The molecule has 3 heterocycles. The van der Waals surface area contributed by atoms with Crippen LogP contribution in [0.1, 0.15) is 61.6 Å². The minimum Gasteiger partial charge on any atom is -0.352 e. The van der Waals surface area contributed by atoms with E-state index in [1.165, 1.54) is 32.4 Å². The average molecular weight is 343 g/mol. The fraction of sp³-hybridized carbons (Fsp3) is 0.632. The molecule has 1 fully saturated rings. The van der Waals surface area contributed by atoms with E-state index in [1.54, 1.807) is 6.20 Å². The molecule has 0 aromatic carbocycles. The topological polar surface area (TPSA) is 63.1 Å². The zero-order valence-corrected chi connectivity index (χ0v) is 15.6. The van der Waals surface area contributed by atoms with Crippen LogP contribution in [0.5, 0.6) is 0 Å². The van der Waals surface area contributed by atoms with E-state index >= 15 is 0 Å². The van der Waals surface area contributed by atoms with Crippen LogP contribution in [0, 0.1) is 6.92 Å². The highest BCUT2D eigenvalue weighted by atomic mass is 16.1. The Hall–Kier alpha value is -1.95. The Kier molecular flexibility index (Phi) is 5.68. The molecular weight excluding hydrogens is 314 g/mol. The predicted octanol–water partition coefficient (Wildman–Crippen LogP) is 2.93. The fourth-order valence-electron chi connectivity index (χ4n) is 3.49. The molecule has 6 heteroatoms. The van der Waals surface area contributed by atoms with Crippen LogP contribution in [0.3, 0.4) is 0 Å². The summed E-state index contributed by atoms with van der Waals surface area (Å²) >= 11 is 0. The third-order valence-corrected chi connectivity index (χ3v) is 4.81. The lowest BCUT2D eigenvalue weighted by Gasteiger charge is -2.26. The van der Waals surface area contributed by atoms with Crippen molar-refractivity contribution in [1.82, 2.24) is 25.0 Å². The van der Waals surface area contributed by atoms with Crippen molar-refractivity contribution in [2.24, 2.45) is 0 Å². The van der Waals surface area contributed by atoms with Gasteiger partial charge >= 0.3 is 0 Å². The fourth-order valence-corrected chi connectivity index (χ4v) is 3.49. The number of likely N-dealkylation sites (tertiary alicyclic amines) is 1. The first-order valence-corrected chi connectivity index (χ1v) is 9.41. The number of carbonyl (C=O) groups is 1. The average Bonchev–Trinajstić information content (AvgIpc) is 3.02. The third kappa shape index (κ3) is 4.18. The molecule has 1 amide bonds. The summed E-state index contributed by atoms with van der Waals surface area (Å²) in [6.45, 7) is 10.2. The Balaban J connectivity index is 1.63. The van der Waals surface area contributed by atoms with E-state index in [1.807, 2.05) is 17.7 Å². The Morgan fingerprint density at radius 2 is 2.04 bits per heavy atom. The first-order valence-electron chi connectivity index (χ1n) is 9.41. The number of nitrogens with zero attached hydrogens (tertiary/aromatic N) is 4. The first-order chi connectivity index (χ1) is 12.1.